The van der Waals surface area contributed by atoms with Crippen molar-refractivity contribution in [3.63, 3.8) is 0 Å². The Kier molecular flexibility index (Phi) is 8.73. The number of halogens is 1. The molecule has 5 aromatic rings. The third kappa shape index (κ3) is 7.10. The van der Waals surface area contributed by atoms with E-state index >= 15 is 0 Å². The quantitative estimate of drug-likeness (QED) is 0.230. The van der Waals surface area contributed by atoms with E-state index in [9.17, 15) is 14.4 Å². The number of aromatic nitrogens is 6. The lowest BCUT2D eigenvalue weighted by Crippen LogP contribution is -2.46. The number of hydrogen-bond donors (Lipinski definition) is 0. The molecular formula is C36H39FN10O2. The molecule has 0 N–H and O–H groups in total. The molecule has 1 aromatic carbocycles. The maximum atomic E-state index is 13.6. The van der Waals surface area contributed by atoms with Gasteiger partial charge in [-0.25, -0.2) is 18.7 Å². The molecule has 7 rings (SSSR count). The first-order chi connectivity index (χ1) is 23.6. The SMILES string of the molecule is CC(C)(C)OC(=O)N1CCC(n2cc(-c3cn4ncc(C#N)c4c(-c4ccc(N5CCN(Cc6cc(F)ccn6)CC5)cc4)n3)cn2)CC1. The van der Waals surface area contributed by atoms with E-state index in [1.807, 2.05) is 50.0 Å². The van der Waals surface area contributed by atoms with E-state index in [4.69, 9.17) is 9.72 Å². The zero-order valence-corrected chi connectivity index (χ0v) is 28.0. The highest BCUT2D eigenvalue weighted by atomic mass is 19.1. The zero-order valence-electron chi connectivity index (χ0n) is 28.0. The van der Waals surface area contributed by atoms with Crippen molar-refractivity contribution < 1.29 is 13.9 Å². The molecule has 2 aliphatic heterocycles. The van der Waals surface area contributed by atoms with Gasteiger partial charge in [0.05, 0.1) is 41.7 Å². The minimum absolute atomic E-state index is 0.151. The molecule has 2 saturated heterocycles. The molecule has 13 heteroatoms. The van der Waals surface area contributed by atoms with E-state index in [0.717, 1.165) is 61.5 Å². The summed E-state index contributed by atoms with van der Waals surface area (Å²) in [5, 5.41) is 19.0. The Morgan fingerprint density at radius 3 is 2.43 bits per heavy atom. The Labute approximate surface area is 284 Å². The first kappa shape index (κ1) is 32.2. The predicted octanol–water partition coefficient (Wildman–Crippen LogP) is 5.56. The number of nitrogens with zero attached hydrogens (tertiary/aromatic N) is 10. The van der Waals surface area contributed by atoms with E-state index in [1.165, 1.54) is 18.3 Å². The van der Waals surface area contributed by atoms with Crippen LogP contribution >= 0.6 is 0 Å². The number of piperazine rings is 1. The minimum atomic E-state index is -0.524. The van der Waals surface area contributed by atoms with Crippen LogP contribution in [0.4, 0.5) is 14.9 Å². The molecule has 2 fully saturated rings. The van der Waals surface area contributed by atoms with Crippen molar-refractivity contribution in [3.05, 3.63) is 84.5 Å². The highest BCUT2D eigenvalue weighted by Crippen LogP contribution is 2.32. The van der Waals surface area contributed by atoms with Gasteiger partial charge >= 0.3 is 6.09 Å². The number of fused-ring (bicyclic) bond motifs is 1. The molecule has 0 atom stereocenters. The van der Waals surface area contributed by atoms with E-state index in [1.54, 1.807) is 21.8 Å². The number of amides is 1. The summed E-state index contributed by atoms with van der Waals surface area (Å²) in [4.78, 5) is 28.3. The lowest BCUT2D eigenvalue weighted by atomic mass is 10.1. The molecule has 0 radical (unpaired) electrons. The van der Waals surface area contributed by atoms with E-state index < -0.39 is 5.60 Å². The van der Waals surface area contributed by atoms with Crippen molar-refractivity contribution in [1.82, 2.24) is 39.2 Å². The summed E-state index contributed by atoms with van der Waals surface area (Å²) in [6.07, 6.45) is 9.98. The lowest BCUT2D eigenvalue weighted by Gasteiger charge is -2.36. The van der Waals surface area contributed by atoms with Gasteiger partial charge in [-0.3, -0.25) is 14.6 Å². The van der Waals surface area contributed by atoms with Gasteiger partial charge in [0.2, 0.25) is 0 Å². The number of hydrogen-bond acceptors (Lipinski definition) is 9. The predicted molar refractivity (Wildman–Crippen MR) is 182 cm³/mol. The van der Waals surface area contributed by atoms with Gasteiger partial charge in [-0.2, -0.15) is 15.5 Å². The van der Waals surface area contributed by atoms with Crippen LogP contribution in [0.1, 0.15) is 50.9 Å². The third-order valence-corrected chi connectivity index (χ3v) is 9.05. The summed E-state index contributed by atoms with van der Waals surface area (Å²) in [5.74, 6) is -0.261. The van der Waals surface area contributed by atoms with Gasteiger partial charge in [-0.1, -0.05) is 12.1 Å². The van der Waals surface area contributed by atoms with Crippen LogP contribution in [0.25, 0.3) is 28.0 Å². The van der Waals surface area contributed by atoms with Crippen LogP contribution in [0.2, 0.25) is 0 Å². The zero-order chi connectivity index (χ0) is 34.1. The summed E-state index contributed by atoms with van der Waals surface area (Å²) in [5.41, 5.74) is 5.51. The molecule has 4 aromatic heterocycles. The van der Waals surface area contributed by atoms with Gasteiger partial charge in [-0.05, 0) is 57.9 Å². The van der Waals surface area contributed by atoms with Gasteiger partial charge < -0.3 is 14.5 Å². The molecular weight excluding hydrogens is 623 g/mol. The molecule has 12 nitrogen and oxygen atoms in total. The van der Waals surface area contributed by atoms with Crippen LogP contribution in [0.15, 0.2) is 67.4 Å². The lowest BCUT2D eigenvalue weighted by molar-refractivity contribution is 0.0184. The second-order valence-electron chi connectivity index (χ2n) is 13.6. The maximum Gasteiger partial charge on any atom is 0.410 e. The number of nitriles is 1. The molecule has 0 bridgehead atoms. The number of benzene rings is 1. The van der Waals surface area contributed by atoms with Crippen LogP contribution in [0, 0.1) is 17.1 Å². The van der Waals surface area contributed by atoms with Gasteiger partial charge in [0.1, 0.15) is 28.6 Å². The summed E-state index contributed by atoms with van der Waals surface area (Å²) in [7, 11) is 0. The van der Waals surface area contributed by atoms with Gasteiger partial charge in [0.25, 0.3) is 0 Å². The van der Waals surface area contributed by atoms with Gasteiger partial charge in [0.15, 0.2) is 0 Å². The molecule has 49 heavy (non-hydrogen) atoms. The Balaban J connectivity index is 1.06. The topological polar surface area (TPSA) is 121 Å². The highest BCUT2D eigenvalue weighted by Gasteiger charge is 2.28. The van der Waals surface area contributed by atoms with Crippen LogP contribution in [-0.2, 0) is 11.3 Å². The standard InChI is InChI=1S/C36H39FN10O2/c1-36(2,3)49-35(48)45-12-9-31(10-13-45)46-22-27(21-40-46)32-24-47-34(26(19-38)20-41-47)33(42-32)25-4-6-30(7-5-25)44-16-14-43(15-17-44)23-29-18-28(37)8-11-39-29/h4-8,11,18,20-22,24,31H,9-10,12-17,23H2,1-3H3. The second kappa shape index (κ2) is 13.3. The van der Waals surface area contributed by atoms with Crippen molar-refractivity contribution in [1.29, 1.82) is 5.26 Å². The molecule has 252 valence electrons. The fourth-order valence-corrected chi connectivity index (χ4v) is 6.50. The van der Waals surface area contributed by atoms with Crippen LogP contribution in [0.3, 0.4) is 0 Å². The van der Waals surface area contributed by atoms with E-state index in [-0.39, 0.29) is 18.0 Å². The van der Waals surface area contributed by atoms with Crippen molar-refractivity contribution in [2.24, 2.45) is 0 Å². The van der Waals surface area contributed by atoms with E-state index in [2.05, 4.69) is 43.2 Å². The van der Waals surface area contributed by atoms with E-state index in [0.29, 0.717) is 42.1 Å². The maximum absolute atomic E-state index is 13.6. The van der Waals surface area contributed by atoms with Crippen LogP contribution in [0.5, 0.6) is 0 Å². The van der Waals surface area contributed by atoms with Crippen molar-refractivity contribution in [3.8, 4) is 28.6 Å². The monoisotopic (exact) mass is 662 g/mol. The summed E-state index contributed by atoms with van der Waals surface area (Å²) >= 11 is 0. The summed E-state index contributed by atoms with van der Waals surface area (Å²) in [6.45, 7) is 10.8. The molecule has 0 saturated carbocycles. The number of carbonyl (C=O) groups excluding carboxylic acids is 1. The molecule has 0 spiro atoms. The number of rotatable bonds is 6. The largest absolute Gasteiger partial charge is 0.444 e. The summed E-state index contributed by atoms with van der Waals surface area (Å²) in [6, 6.07) is 13.5. The fourth-order valence-electron chi connectivity index (χ4n) is 6.50. The van der Waals surface area contributed by atoms with Crippen LogP contribution < -0.4 is 4.90 Å². The number of carbonyl (C=O) groups is 1. The van der Waals surface area contributed by atoms with Gasteiger partial charge in [0, 0.05) is 75.0 Å². The van der Waals surface area contributed by atoms with Crippen molar-refractivity contribution in [2.45, 2.75) is 51.8 Å². The second-order valence-corrected chi connectivity index (χ2v) is 13.6. The first-order valence-electron chi connectivity index (χ1n) is 16.6. The molecule has 0 aliphatic carbocycles. The normalized spacial score (nSPS) is 16.2. The Morgan fingerprint density at radius 2 is 1.73 bits per heavy atom. The first-order valence-corrected chi connectivity index (χ1v) is 16.6. The van der Waals surface area contributed by atoms with Crippen molar-refractivity contribution in [2.75, 3.05) is 44.2 Å². The Hall–Kier alpha value is -5.35. The smallest absolute Gasteiger partial charge is 0.410 e. The van der Waals surface area contributed by atoms with Gasteiger partial charge in [-0.15, -0.1) is 0 Å². The Bertz CT molecular complexity index is 1990. The van der Waals surface area contributed by atoms with Crippen LogP contribution in [-0.4, -0.2) is 90.1 Å². The number of likely N-dealkylation sites (tertiary alicyclic amines) is 1. The van der Waals surface area contributed by atoms with Crippen molar-refractivity contribution >= 4 is 17.3 Å². The summed E-state index contributed by atoms with van der Waals surface area (Å²) < 4.78 is 22.8. The molecule has 2 aliphatic rings. The molecule has 6 heterocycles. The average Bonchev–Trinajstić information content (AvgIpc) is 3.76. The fraction of sp³-hybridized carbons (Fsp3) is 0.389. The Morgan fingerprint density at radius 1 is 0.980 bits per heavy atom. The average molecular weight is 663 g/mol. The number of pyridine rings is 1. The number of piperidine rings is 1. The number of ether oxygens (including phenoxy) is 1. The highest BCUT2D eigenvalue weighted by molar-refractivity contribution is 5.83. The number of anilines is 1. The third-order valence-electron chi connectivity index (χ3n) is 9.05. The minimum Gasteiger partial charge on any atom is -0.444 e. The molecule has 0 unspecified atom stereocenters. The molecule has 1 amide bonds.